The number of rotatable bonds is 5. The van der Waals surface area contributed by atoms with E-state index in [2.05, 4.69) is 10.5 Å². The van der Waals surface area contributed by atoms with Gasteiger partial charge in [-0.1, -0.05) is 47.6 Å². The van der Waals surface area contributed by atoms with Crippen molar-refractivity contribution in [1.82, 2.24) is 10.1 Å². The Morgan fingerprint density at radius 2 is 1.86 bits per heavy atom. The summed E-state index contributed by atoms with van der Waals surface area (Å²) in [6.07, 6.45) is 2.22. The van der Waals surface area contributed by atoms with Gasteiger partial charge in [-0.2, -0.15) is 0 Å². The minimum atomic E-state index is -0.268. The second kappa shape index (κ2) is 7.05. The third kappa shape index (κ3) is 3.46. The molecule has 1 saturated carbocycles. The molecule has 1 amide bonds. The fourth-order valence-electron chi connectivity index (χ4n) is 3.03. The quantitative estimate of drug-likeness (QED) is 0.484. The first-order chi connectivity index (χ1) is 13.8. The maximum Gasteiger partial charge on any atom is 0.277 e. The molecular formula is C22H17N3O2S. The van der Waals surface area contributed by atoms with Crippen LogP contribution < -0.4 is 5.32 Å². The van der Waals surface area contributed by atoms with Crippen LogP contribution >= 0.6 is 11.3 Å². The second-order valence-corrected chi connectivity index (χ2v) is 7.69. The Hall–Kier alpha value is -3.25. The second-order valence-electron chi connectivity index (χ2n) is 6.83. The smallest absolute Gasteiger partial charge is 0.277 e. The van der Waals surface area contributed by atoms with E-state index in [1.54, 1.807) is 17.4 Å². The van der Waals surface area contributed by atoms with E-state index in [-0.39, 0.29) is 5.91 Å². The summed E-state index contributed by atoms with van der Waals surface area (Å²) in [7, 11) is 0. The van der Waals surface area contributed by atoms with Crippen LogP contribution in [0.15, 0.2) is 70.6 Å². The van der Waals surface area contributed by atoms with Crippen molar-refractivity contribution < 1.29 is 9.32 Å². The average molecular weight is 387 g/mol. The molecule has 2 heterocycles. The number of nitrogens with zero attached hydrogens (tertiary/aromatic N) is 2. The molecule has 6 heteroatoms. The normalized spacial score (nSPS) is 13.4. The SMILES string of the molecule is O=C(Nc1cccc(-c2csc(-c3ccccc3)n2)c1)c1cc(C2CC2)on1. The van der Waals surface area contributed by atoms with Crippen molar-refractivity contribution in [2.45, 2.75) is 18.8 Å². The van der Waals surface area contributed by atoms with Crippen LogP contribution in [-0.2, 0) is 0 Å². The van der Waals surface area contributed by atoms with E-state index >= 15 is 0 Å². The summed E-state index contributed by atoms with van der Waals surface area (Å²) in [5, 5.41) is 9.79. The molecule has 0 saturated heterocycles. The lowest BCUT2D eigenvalue weighted by molar-refractivity contribution is 0.101. The number of anilines is 1. The van der Waals surface area contributed by atoms with Gasteiger partial charge >= 0.3 is 0 Å². The molecule has 0 atom stereocenters. The molecule has 0 bridgehead atoms. The molecule has 138 valence electrons. The van der Waals surface area contributed by atoms with Crippen molar-refractivity contribution in [3.05, 3.63) is 77.5 Å². The Morgan fingerprint density at radius 3 is 2.68 bits per heavy atom. The zero-order chi connectivity index (χ0) is 18.9. The molecule has 5 rings (SSSR count). The van der Waals surface area contributed by atoms with Gasteiger partial charge in [-0.25, -0.2) is 4.98 Å². The molecule has 1 aliphatic carbocycles. The fourth-order valence-corrected chi connectivity index (χ4v) is 3.86. The molecule has 0 radical (unpaired) electrons. The first-order valence-corrected chi connectivity index (χ1v) is 10.0. The van der Waals surface area contributed by atoms with Gasteiger partial charge < -0.3 is 9.84 Å². The molecule has 2 aromatic carbocycles. The highest BCUT2D eigenvalue weighted by molar-refractivity contribution is 7.13. The van der Waals surface area contributed by atoms with E-state index in [4.69, 9.17) is 9.51 Å². The third-order valence-corrected chi connectivity index (χ3v) is 5.57. The van der Waals surface area contributed by atoms with Crippen LogP contribution in [0.4, 0.5) is 5.69 Å². The number of carbonyl (C=O) groups is 1. The Balaban J connectivity index is 1.34. The van der Waals surface area contributed by atoms with E-state index in [1.165, 1.54) is 0 Å². The lowest BCUT2D eigenvalue weighted by atomic mass is 10.1. The van der Waals surface area contributed by atoms with Crippen LogP contribution in [0.3, 0.4) is 0 Å². The minimum Gasteiger partial charge on any atom is -0.360 e. The van der Waals surface area contributed by atoms with Crippen molar-refractivity contribution in [3.63, 3.8) is 0 Å². The molecule has 4 aromatic rings. The highest BCUT2D eigenvalue weighted by atomic mass is 32.1. The van der Waals surface area contributed by atoms with Crippen LogP contribution in [-0.4, -0.2) is 16.0 Å². The predicted molar refractivity (Wildman–Crippen MR) is 109 cm³/mol. The third-order valence-electron chi connectivity index (χ3n) is 4.68. The summed E-state index contributed by atoms with van der Waals surface area (Å²) in [5.41, 5.74) is 3.95. The molecular weight excluding hydrogens is 370 g/mol. The monoisotopic (exact) mass is 387 g/mol. The van der Waals surface area contributed by atoms with Gasteiger partial charge in [0.05, 0.1) is 5.69 Å². The van der Waals surface area contributed by atoms with Gasteiger partial charge in [0.2, 0.25) is 0 Å². The zero-order valence-electron chi connectivity index (χ0n) is 15.0. The Morgan fingerprint density at radius 1 is 1.04 bits per heavy atom. The lowest BCUT2D eigenvalue weighted by Crippen LogP contribution is -2.12. The Bertz CT molecular complexity index is 1130. The van der Waals surface area contributed by atoms with Crippen LogP contribution in [0.5, 0.6) is 0 Å². The molecule has 28 heavy (non-hydrogen) atoms. The summed E-state index contributed by atoms with van der Waals surface area (Å²) < 4.78 is 5.27. The lowest BCUT2D eigenvalue weighted by Gasteiger charge is -2.04. The fraction of sp³-hybridized carbons (Fsp3) is 0.136. The van der Waals surface area contributed by atoms with Gasteiger partial charge in [0.1, 0.15) is 10.8 Å². The topological polar surface area (TPSA) is 68.0 Å². The number of aromatic nitrogens is 2. The molecule has 0 spiro atoms. The number of benzene rings is 2. The number of hydrogen-bond acceptors (Lipinski definition) is 5. The first-order valence-electron chi connectivity index (χ1n) is 9.15. The van der Waals surface area contributed by atoms with Gasteiger partial charge in [-0.05, 0) is 25.0 Å². The van der Waals surface area contributed by atoms with Crippen LogP contribution in [0.2, 0.25) is 0 Å². The molecule has 0 aliphatic heterocycles. The van der Waals surface area contributed by atoms with E-state index in [1.807, 2.05) is 60.0 Å². The Labute approximate surface area is 166 Å². The molecule has 1 aliphatic rings. The highest BCUT2D eigenvalue weighted by Gasteiger charge is 2.28. The largest absolute Gasteiger partial charge is 0.360 e. The van der Waals surface area contributed by atoms with Crippen LogP contribution in [0, 0.1) is 0 Å². The molecule has 1 N–H and O–H groups in total. The first kappa shape index (κ1) is 16.9. The standard InChI is InChI=1S/C22H17N3O2S/c26-21(18-12-20(27-25-18)14-9-10-14)23-17-8-4-7-16(11-17)19-13-28-22(24-19)15-5-2-1-3-6-15/h1-8,11-14H,9-10H2,(H,23,26). The van der Waals surface area contributed by atoms with Crippen molar-refractivity contribution in [3.8, 4) is 21.8 Å². The number of nitrogens with one attached hydrogen (secondary N) is 1. The molecule has 5 nitrogen and oxygen atoms in total. The van der Waals surface area contributed by atoms with E-state index in [9.17, 15) is 4.79 Å². The van der Waals surface area contributed by atoms with Crippen LogP contribution in [0.1, 0.15) is 35.0 Å². The van der Waals surface area contributed by atoms with Crippen molar-refractivity contribution in [2.75, 3.05) is 5.32 Å². The van der Waals surface area contributed by atoms with Gasteiger partial charge in [0.25, 0.3) is 5.91 Å². The maximum absolute atomic E-state index is 12.5. The molecule has 2 aromatic heterocycles. The summed E-state index contributed by atoms with van der Waals surface area (Å²) in [6, 6.07) is 19.5. The number of hydrogen-bond donors (Lipinski definition) is 1. The predicted octanol–water partition coefficient (Wildman–Crippen LogP) is 5.59. The van der Waals surface area contributed by atoms with Crippen LogP contribution in [0.25, 0.3) is 21.8 Å². The van der Waals surface area contributed by atoms with Crippen molar-refractivity contribution in [2.24, 2.45) is 0 Å². The molecule has 0 unspecified atom stereocenters. The van der Waals surface area contributed by atoms with Gasteiger partial charge in [-0.3, -0.25) is 4.79 Å². The Kier molecular flexibility index (Phi) is 4.25. The molecule has 1 fully saturated rings. The minimum absolute atomic E-state index is 0.268. The summed E-state index contributed by atoms with van der Waals surface area (Å²) in [4.78, 5) is 17.2. The van der Waals surface area contributed by atoms with Gasteiger partial charge in [-0.15, -0.1) is 11.3 Å². The highest BCUT2D eigenvalue weighted by Crippen LogP contribution is 2.40. The summed E-state index contributed by atoms with van der Waals surface area (Å²) >= 11 is 1.60. The number of amides is 1. The van der Waals surface area contributed by atoms with Gasteiger partial charge in [0, 0.05) is 34.2 Å². The maximum atomic E-state index is 12.5. The van der Waals surface area contributed by atoms with Crippen molar-refractivity contribution >= 4 is 22.9 Å². The average Bonchev–Trinajstić information content (AvgIpc) is 3.26. The van der Waals surface area contributed by atoms with Crippen molar-refractivity contribution in [1.29, 1.82) is 0 Å². The van der Waals surface area contributed by atoms with Gasteiger partial charge in [0.15, 0.2) is 5.69 Å². The van der Waals surface area contributed by atoms with E-state index < -0.39 is 0 Å². The number of thiazole rings is 1. The van der Waals surface area contributed by atoms with E-state index in [0.717, 1.165) is 40.4 Å². The number of carbonyl (C=O) groups excluding carboxylic acids is 1. The summed E-state index contributed by atoms with van der Waals surface area (Å²) in [6.45, 7) is 0. The van der Waals surface area contributed by atoms with E-state index in [0.29, 0.717) is 17.3 Å². The zero-order valence-corrected chi connectivity index (χ0v) is 15.8. The summed E-state index contributed by atoms with van der Waals surface area (Å²) in [5.74, 6) is 0.965.